The molecule has 1 aromatic heterocycles. The maximum absolute atomic E-state index is 13.1. The smallest absolute Gasteiger partial charge is 0.270 e. The van der Waals surface area contributed by atoms with Crippen LogP contribution in [0.5, 0.6) is 5.75 Å². The van der Waals surface area contributed by atoms with Gasteiger partial charge in [0.1, 0.15) is 11.3 Å². The van der Waals surface area contributed by atoms with Crippen LogP contribution in [0.1, 0.15) is 5.56 Å². The molecule has 0 saturated carbocycles. The summed E-state index contributed by atoms with van der Waals surface area (Å²) < 4.78 is 7.11. The Bertz CT molecular complexity index is 1150. The second-order valence-electron chi connectivity index (χ2n) is 6.37. The van der Waals surface area contributed by atoms with Crippen LogP contribution in [0.15, 0.2) is 60.3 Å². The first-order chi connectivity index (χ1) is 13.5. The van der Waals surface area contributed by atoms with Crippen molar-refractivity contribution in [3.8, 4) is 5.75 Å². The van der Waals surface area contributed by atoms with Gasteiger partial charge in [-0.15, -0.1) is 0 Å². The fourth-order valence-electron chi connectivity index (χ4n) is 3.27. The molecule has 2 heterocycles. The Morgan fingerprint density at radius 1 is 1.07 bits per heavy atom. The predicted molar refractivity (Wildman–Crippen MR) is 112 cm³/mol. The Hall–Kier alpha value is -3.45. The molecule has 7 heteroatoms. The number of anilines is 1. The molecule has 140 valence electrons. The number of fused-ring (bicyclic) bond motifs is 1. The minimum atomic E-state index is -0.507. The third-order valence-corrected chi connectivity index (χ3v) is 4.94. The Balaban J connectivity index is 1.77. The number of ether oxygens (including phenoxy) is 1. The second-order valence-corrected chi connectivity index (χ2v) is 6.76. The normalized spacial score (nSPS) is 16.0. The number of carbonyl (C=O) groups excluding carboxylic acids is 2. The van der Waals surface area contributed by atoms with Crippen LogP contribution in [-0.2, 0) is 16.6 Å². The van der Waals surface area contributed by atoms with Gasteiger partial charge in [0.15, 0.2) is 5.11 Å². The molecule has 1 fully saturated rings. The van der Waals surface area contributed by atoms with E-state index < -0.39 is 11.8 Å². The van der Waals surface area contributed by atoms with E-state index in [1.54, 1.807) is 37.5 Å². The van der Waals surface area contributed by atoms with Gasteiger partial charge in [-0.1, -0.05) is 18.2 Å². The topological polar surface area (TPSA) is 63.6 Å². The van der Waals surface area contributed by atoms with Crippen molar-refractivity contribution >= 4 is 51.8 Å². The van der Waals surface area contributed by atoms with E-state index in [0.717, 1.165) is 16.5 Å². The molecule has 0 radical (unpaired) electrons. The molecule has 0 spiro atoms. The standard InChI is InChI=1S/C21H17N3O3S/c1-23-12-13(16-5-3-4-6-18(16)23)11-17-19(25)22-21(28)24(20(17)26)14-7-9-15(27-2)10-8-14/h3-12H,1-2H3,(H,22,25,28). The van der Waals surface area contributed by atoms with Gasteiger partial charge in [0, 0.05) is 29.7 Å². The molecule has 0 unspecified atom stereocenters. The number of benzene rings is 2. The van der Waals surface area contributed by atoms with Gasteiger partial charge in [0.05, 0.1) is 12.8 Å². The molecule has 1 N–H and O–H groups in total. The Kier molecular flexibility index (Phi) is 4.44. The van der Waals surface area contributed by atoms with Crippen LogP contribution in [0.2, 0.25) is 0 Å². The van der Waals surface area contributed by atoms with Gasteiger partial charge in [-0.3, -0.25) is 19.8 Å². The third-order valence-electron chi connectivity index (χ3n) is 4.66. The summed E-state index contributed by atoms with van der Waals surface area (Å²) in [5.74, 6) is -0.311. The van der Waals surface area contributed by atoms with Gasteiger partial charge in [-0.05, 0) is 48.6 Å². The summed E-state index contributed by atoms with van der Waals surface area (Å²) in [6, 6.07) is 14.7. The molecule has 3 aromatic rings. The van der Waals surface area contributed by atoms with Gasteiger partial charge in [-0.2, -0.15) is 0 Å². The number of nitrogens with one attached hydrogen (secondary N) is 1. The Morgan fingerprint density at radius 2 is 1.79 bits per heavy atom. The second kappa shape index (κ2) is 6.94. The number of rotatable bonds is 3. The number of hydrogen-bond donors (Lipinski definition) is 1. The van der Waals surface area contributed by atoms with Crippen LogP contribution in [-0.4, -0.2) is 28.6 Å². The lowest BCUT2D eigenvalue weighted by molar-refractivity contribution is -0.122. The monoisotopic (exact) mass is 391 g/mol. The maximum atomic E-state index is 13.1. The van der Waals surface area contributed by atoms with Gasteiger partial charge in [0.2, 0.25) is 0 Å². The SMILES string of the molecule is COc1ccc(N2C(=O)C(=Cc3cn(C)c4ccccc34)C(=O)NC2=S)cc1. The van der Waals surface area contributed by atoms with Crippen LogP contribution in [0.4, 0.5) is 5.69 Å². The molecule has 1 aliphatic rings. The first-order valence-corrected chi connectivity index (χ1v) is 9.00. The van der Waals surface area contributed by atoms with Gasteiger partial charge in [-0.25, -0.2) is 0 Å². The van der Waals surface area contributed by atoms with E-state index >= 15 is 0 Å². The van der Waals surface area contributed by atoms with E-state index in [0.29, 0.717) is 11.4 Å². The van der Waals surface area contributed by atoms with Crippen molar-refractivity contribution in [1.82, 2.24) is 9.88 Å². The fourth-order valence-corrected chi connectivity index (χ4v) is 3.55. The molecule has 0 aliphatic carbocycles. The molecule has 28 heavy (non-hydrogen) atoms. The molecule has 6 nitrogen and oxygen atoms in total. The van der Waals surface area contributed by atoms with E-state index in [-0.39, 0.29) is 10.7 Å². The van der Waals surface area contributed by atoms with Crippen LogP contribution >= 0.6 is 12.2 Å². The molecule has 0 bridgehead atoms. The van der Waals surface area contributed by atoms with E-state index in [4.69, 9.17) is 17.0 Å². The number of nitrogens with zero attached hydrogens (tertiary/aromatic N) is 2. The number of aryl methyl sites for hydroxylation is 1. The zero-order chi connectivity index (χ0) is 19.8. The number of hydrogen-bond acceptors (Lipinski definition) is 4. The lowest BCUT2D eigenvalue weighted by atomic mass is 10.1. The number of thiocarbonyl (C=S) groups is 1. The summed E-state index contributed by atoms with van der Waals surface area (Å²) in [5, 5.41) is 3.61. The molecule has 1 aliphatic heterocycles. The lowest BCUT2D eigenvalue weighted by Gasteiger charge is -2.29. The highest BCUT2D eigenvalue weighted by Gasteiger charge is 2.34. The summed E-state index contributed by atoms with van der Waals surface area (Å²) in [7, 11) is 3.49. The van der Waals surface area contributed by atoms with E-state index in [2.05, 4.69) is 5.32 Å². The van der Waals surface area contributed by atoms with Gasteiger partial charge >= 0.3 is 0 Å². The highest BCUT2D eigenvalue weighted by atomic mass is 32.1. The molecule has 0 atom stereocenters. The molecular weight excluding hydrogens is 374 g/mol. The quantitative estimate of drug-likeness (QED) is 0.424. The first kappa shape index (κ1) is 17.9. The Labute approximate surface area is 167 Å². The van der Waals surface area contributed by atoms with E-state index in [9.17, 15) is 9.59 Å². The molecule has 1 saturated heterocycles. The third kappa shape index (κ3) is 2.95. The maximum Gasteiger partial charge on any atom is 0.270 e. The minimum Gasteiger partial charge on any atom is -0.497 e. The van der Waals surface area contributed by atoms with Crippen LogP contribution in [0.25, 0.3) is 17.0 Å². The average molecular weight is 391 g/mol. The van der Waals surface area contributed by atoms with Crippen molar-refractivity contribution in [2.24, 2.45) is 7.05 Å². The van der Waals surface area contributed by atoms with Gasteiger partial charge in [0.25, 0.3) is 11.8 Å². The number of carbonyl (C=O) groups is 2. The van der Waals surface area contributed by atoms with Crippen molar-refractivity contribution in [3.05, 3.63) is 65.9 Å². The van der Waals surface area contributed by atoms with Crippen molar-refractivity contribution < 1.29 is 14.3 Å². The van der Waals surface area contributed by atoms with Crippen molar-refractivity contribution in [2.75, 3.05) is 12.0 Å². The number of methoxy groups -OCH3 is 1. The first-order valence-electron chi connectivity index (χ1n) is 8.59. The van der Waals surface area contributed by atoms with Crippen molar-refractivity contribution in [3.63, 3.8) is 0 Å². The zero-order valence-corrected chi connectivity index (χ0v) is 16.1. The lowest BCUT2D eigenvalue weighted by Crippen LogP contribution is -2.54. The van der Waals surface area contributed by atoms with Gasteiger partial charge < -0.3 is 9.30 Å². The Morgan fingerprint density at radius 3 is 2.50 bits per heavy atom. The highest BCUT2D eigenvalue weighted by Crippen LogP contribution is 2.27. The summed E-state index contributed by atoms with van der Waals surface area (Å²) in [5.41, 5.74) is 2.39. The van der Waals surface area contributed by atoms with Crippen LogP contribution in [0, 0.1) is 0 Å². The molecular formula is C21H17N3O3S. The van der Waals surface area contributed by atoms with E-state index in [1.807, 2.05) is 42.1 Å². The number of amides is 2. The summed E-state index contributed by atoms with van der Waals surface area (Å²) >= 11 is 5.23. The molecule has 2 aromatic carbocycles. The number of para-hydroxylation sites is 1. The van der Waals surface area contributed by atoms with Crippen LogP contribution in [0.3, 0.4) is 0 Å². The summed E-state index contributed by atoms with van der Waals surface area (Å²) in [4.78, 5) is 26.9. The highest BCUT2D eigenvalue weighted by molar-refractivity contribution is 7.80. The molecule has 2 amide bonds. The zero-order valence-electron chi connectivity index (χ0n) is 15.3. The minimum absolute atomic E-state index is 0.0285. The largest absolute Gasteiger partial charge is 0.497 e. The number of aromatic nitrogens is 1. The van der Waals surface area contributed by atoms with E-state index in [1.165, 1.54) is 4.90 Å². The molecule has 4 rings (SSSR count). The summed E-state index contributed by atoms with van der Waals surface area (Å²) in [6.07, 6.45) is 3.50. The fraction of sp³-hybridized carbons (Fsp3) is 0.0952. The predicted octanol–water partition coefficient (Wildman–Crippen LogP) is 3.02. The van der Waals surface area contributed by atoms with Crippen LogP contribution < -0.4 is 15.0 Å². The van der Waals surface area contributed by atoms with Crippen molar-refractivity contribution in [1.29, 1.82) is 0 Å². The average Bonchev–Trinajstić information content (AvgIpc) is 3.01. The summed E-state index contributed by atoms with van der Waals surface area (Å²) in [6.45, 7) is 0. The van der Waals surface area contributed by atoms with Crippen molar-refractivity contribution in [2.45, 2.75) is 0 Å².